The standard InChI is InChI=1S/C14H19N3O2S2/c15-13(20)11-6-10-2-1-3-12(10)17-14(11)16-7-9-4-5-21(18,19)8-9/h6,9H,1-5,7-8H2,(H2,15,20)(H,16,17). The lowest BCUT2D eigenvalue weighted by molar-refractivity contribution is 0.595. The van der Waals surface area contributed by atoms with E-state index >= 15 is 0 Å². The summed E-state index contributed by atoms with van der Waals surface area (Å²) in [5.41, 5.74) is 8.90. The van der Waals surface area contributed by atoms with Crippen molar-refractivity contribution < 1.29 is 8.42 Å². The van der Waals surface area contributed by atoms with Gasteiger partial charge in [0.05, 0.1) is 17.1 Å². The van der Waals surface area contributed by atoms with Crippen molar-refractivity contribution in [3.05, 3.63) is 22.9 Å². The summed E-state index contributed by atoms with van der Waals surface area (Å²) in [4.78, 5) is 4.98. The van der Waals surface area contributed by atoms with Crippen LogP contribution in [0.5, 0.6) is 0 Å². The van der Waals surface area contributed by atoms with Crippen LogP contribution < -0.4 is 11.1 Å². The number of sulfone groups is 1. The number of anilines is 1. The summed E-state index contributed by atoms with van der Waals surface area (Å²) in [6.45, 7) is 0.598. The Labute approximate surface area is 130 Å². The van der Waals surface area contributed by atoms with E-state index in [0.717, 1.165) is 30.5 Å². The molecule has 1 unspecified atom stereocenters. The van der Waals surface area contributed by atoms with E-state index in [9.17, 15) is 8.42 Å². The molecule has 0 spiro atoms. The van der Waals surface area contributed by atoms with Gasteiger partial charge in [0, 0.05) is 12.2 Å². The van der Waals surface area contributed by atoms with Gasteiger partial charge in [0.15, 0.2) is 9.84 Å². The summed E-state index contributed by atoms with van der Waals surface area (Å²) < 4.78 is 23.0. The number of fused-ring (bicyclic) bond motifs is 1. The highest BCUT2D eigenvalue weighted by Crippen LogP contribution is 2.26. The molecular weight excluding hydrogens is 306 g/mol. The van der Waals surface area contributed by atoms with E-state index in [1.165, 1.54) is 5.56 Å². The molecule has 1 aliphatic heterocycles. The summed E-state index contributed by atoms with van der Waals surface area (Å²) in [5.74, 6) is 1.39. The molecule has 1 aliphatic carbocycles. The summed E-state index contributed by atoms with van der Waals surface area (Å²) in [7, 11) is -2.85. The molecule has 21 heavy (non-hydrogen) atoms. The van der Waals surface area contributed by atoms with E-state index < -0.39 is 9.84 Å². The van der Waals surface area contributed by atoms with Crippen LogP contribution in [0.25, 0.3) is 0 Å². The molecule has 0 saturated carbocycles. The lowest BCUT2D eigenvalue weighted by Crippen LogP contribution is -2.20. The van der Waals surface area contributed by atoms with Gasteiger partial charge in [-0.2, -0.15) is 0 Å². The van der Waals surface area contributed by atoms with Gasteiger partial charge in [-0.05, 0) is 43.2 Å². The van der Waals surface area contributed by atoms with Crippen molar-refractivity contribution in [2.24, 2.45) is 11.7 Å². The number of nitrogens with zero attached hydrogens (tertiary/aromatic N) is 1. The van der Waals surface area contributed by atoms with Crippen LogP contribution in [0, 0.1) is 5.92 Å². The predicted molar refractivity (Wildman–Crippen MR) is 87.4 cm³/mol. The number of aryl methyl sites for hydroxylation is 2. The maximum Gasteiger partial charge on any atom is 0.150 e. The summed E-state index contributed by atoms with van der Waals surface area (Å²) in [6.07, 6.45) is 3.84. The molecule has 2 aliphatic rings. The Kier molecular flexibility index (Phi) is 3.88. The Balaban J connectivity index is 1.77. The minimum absolute atomic E-state index is 0.143. The molecule has 3 rings (SSSR count). The van der Waals surface area contributed by atoms with Crippen molar-refractivity contribution in [3.8, 4) is 0 Å². The zero-order valence-corrected chi connectivity index (χ0v) is 13.4. The Bertz CT molecular complexity index is 686. The van der Waals surface area contributed by atoms with E-state index in [1.807, 2.05) is 6.07 Å². The van der Waals surface area contributed by atoms with Crippen molar-refractivity contribution in [1.82, 2.24) is 4.98 Å². The molecule has 3 N–H and O–H groups in total. The van der Waals surface area contributed by atoms with E-state index in [1.54, 1.807) is 0 Å². The number of pyridine rings is 1. The second-order valence-corrected chi connectivity index (χ2v) is 8.53. The summed E-state index contributed by atoms with van der Waals surface area (Å²) in [6, 6.07) is 2.03. The molecule has 0 bridgehead atoms. The van der Waals surface area contributed by atoms with Crippen LogP contribution in [0.3, 0.4) is 0 Å². The van der Waals surface area contributed by atoms with Gasteiger partial charge in [-0.1, -0.05) is 12.2 Å². The Hall–Kier alpha value is -1.21. The van der Waals surface area contributed by atoms with Gasteiger partial charge in [0.25, 0.3) is 0 Å². The molecule has 1 fully saturated rings. The Morgan fingerprint density at radius 2 is 2.29 bits per heavy atom. The van der Waals surface area contributed by atoms with E-state index in [-0.39, 0.29) is 11.7 Å². The highest BCUT2D eigenvalue weighted by atomic mass is 32.2. The van der Waals surface area contributed by atoms with Crippen LogP contribution in [0.1, 0.15) is 29.7 Å². The zero-order valence-electron chi connectivity index (χ0n) is 11.8. The largest absolute Gasteiger partial charge is 0.389 e. The third-order valence-corrected chi connectivity index (χ3v) is 6.26. The third-order valence-electron chi connectivity index (χ3n) is 4.20. The Morgan fingerprint density at radius 3 is 2.95 bits per heavy atom. The first-order chi connectivity index (χ1) is 9.94. The normalized spacial score (nSPS) is 23.0. The van der Waals surface area contributed by atoms with Crippen LogP contribution in [-0.4, -0.2) is 36.4 Å². The topological polar surface area (TPSA) is 85.1 Å². The molecule has 0 amide bonds. The molecule has 5 nitrogen and oxygen atoms in total. The molecular formula is C14H19N3O2S2. The van der Waals surface area contributed by atoms with Crippen LogP contribution in [0.2, 0.25) is 0 Å². The van der Waals surface area contributed by atoms with Crippen molar-refractivity contribution in [1.29, 1.82) is 0 Å². The Morgan fingerprint density at radius 1 is 1.48 bits per heavy atom. The lowest BCUT2D eigenvalue weighted by Gasteiger charge is -2.15. The fourth-order valence-corrected chi connectivity index (χ4v) is 5.09. The summed E-state index contributed by atoms with van der Waals surface area (Å²) in [5, 5.41) is 3.26. The number of thiocarbonyl (C=S) groups is 1. The molecule has 2 heterocycles. The fraction of sp³-hybridized carbons (Fsp3) is 0.571. The molecule has 0 aromatic carbocycles. The lowest BCUT2D eigenvalue weighted by atomic mass is 10.1. The third kappa shape index (κ3) is 3.18. The van der Waals surface area contributed by atoms with Crippen molar-refractivity contribution in [3.63, 3.8) is 0 Å². The van der Waals surface area contributed by atoms with Crippen LogP contribution in [0.4, 0.5) is 5.82 Å². The van der Waals surface area contributed by atoms with Crippen molar-refractivity contribution >= 4 is 32.9 Å². The first kappa shape index (κ1) is 14.7. The van der Waals surface area contributed by atoms with Gasteiger partial charge in [-0.15, -0.1) is 0 Å². The average molecular weight is 325 g/mol. The van der Waals surface area contributed by atoms with Gasteiger partial charge in [-0.3, -0.25) is 0 Å². The second-order valence-electron chi connectivity index (χ2n) is 5.86. The SMILES string of the molecule is NC(=S)c1cc2c(nc1NCC1CCS(=O)(=O)C1)CCC2. The maximum atomic E-state index is 11.5. The van der Waals surface area contributed by atoms with Crippen molar-refractivity contribution in [2.75, 3.05) is 23.4 Å². The van der Waals surface area contributed by atoms with Crippen LogP contribution >= 0.6 is 12.2 Å². The average Bonchev–Trinajstić information content (AvgIpc) is 3.00. The first-order valence-corrected chi connectivity index (χ1v) is 9.44. The highest BCUT2D eigenvalue weighted by molar-refractivity contribution is 7.91. The van der Waals surface area contributed by atoms with E-state index in [2.05, 4.69) is 10.3 Å². The molecule has 0 radical (unpaired) electrons. The number of nitrogens with one attached hydrogen (secondary N) is 1. The molecule has 1 aromatic heterocycles. The fourth-order valence-electron chi connectivity index (χ4n) is 3.07. The van der Waals surface area contributed by atoms with Crippen LogP contribution in [0.15, 0.2) is 6.07 Å². The number of nitrogens with two attached hydrogens (primary N) is 1. The van der Waals surface area contributed by atoms with E-state index in [4.69, 9.17) is 18.0 Å². The smallest absolute Gasteiger partial charge is 0.150 e. The highest BCUT2D eigenvalue weighted by Gasteiger charge is 2.28. The second kappa shape index (κ2) is 5.53. The molecule has 114 valence electrons. The molecule has 1 aromatic rings. The maximum absolute atomic E-state index is 11.5. The van der Waals surface area contributed by atoms with Gasteiger partial charge in [-0.25, -0.2) is 13.4 Å². The van der Waals surface area contributed by atoms with Gasteiger partial charge in [0.2, 0.25) is 0 Å². The quantitative estimate of drug-likeness (QED) is 0.805. The minimum Gasteiger partial charge on any atom is -0.389 e. The first-order valence-electron chi connectivity index (χ1n) is 7.21. The number of rotatable bonds is 4. The van der Waals surface area contributed by atoms with Crippen LogP contribution in [-0.2, 0) is 22.7 Å². The van der Waals surface area contributed by atoms with Gasteiger partial charge < -0.3 is 11.1 Å². The minimum atomic E-state index is -2.85. The van der Waals surface area contributed by atoms with Crippen molar-refractivity contribution in [2.45, 2.75) is 25.7 Å². The number of hydrogen-bond acceptors (Lipinski definition) is 5. The number of aromatic nitrogens is 1. The molecule has 7 heteroatoms. The monoisotopic (exact) mass is 325 g/mol. The zero-order chi connectivity index (χ0) is 15.0. The van der Waals surface area contributed by atoms with Gasteiger partial charge >= 0.3 is 0 Å². The predicted octanol–water partition coefficient (Wildman–Crippen LogP) is 1.05. The number of hydrogen-bond donors (Lipinski definition) is 2. The van der Waals surface area contributed by atoms with Gasteiger partial charge in [0.1, 0.15) is 10.8 Å². The summed E-state index contributed by atoms with van der Waals surface area (Å²) >= 11 is 5.11. The molecule has 1 saturated heterocycles. The van der Waals surface area contributed by atoms with E-state index in [0.29, 0.717) is 29.5 Å². The molecule has 1 atom stereocenters.